The van der Waals surface area contributed by atoms with E-state index in [9.17, 15) is 5.11 Å². The number of fused-ring (bicyclic) bond motifs is 3. The van der Waals surface area contributed by atoms with E-state index in [1.807, 2.05) is 18.4 Å². The number of hydrogen-bond donors (Lipinski definition) is 2. The van der Waals surface area contributed by atoms with Crippen LogP contribution in [-0.4, -0.2) is 41.0 Å². The van der Waals surface area contributed by atoms with Crippen LogP contribution in [0.4, 0.5) is 5.69 Å². The zero-order valence-electron chi connectivity index (χ0n) is 16.0. The van der Waals surface area contributed by atoms with E-state index in [0.29, 0.717) is 13.1 Å². The fourth-order valence-electron chi connectivity index (χ4n) is 3.73. The lowest BCUT2D eigenvalue weighted by atomic mass is 9.82. The molecule has 1 aliphatic heterocycles. The van der Waals surface area contributed by atoms with E-state index in [1.165, 1.54) is 26.4 Å². The van der Waals surface area contributed by atoms with Crippen LogP contribution in [0, 0.1) is 0 Å². The predicted octanol–water partition coefficient (Wildman–Crippen LogP) is 4.82. The van der Waals surface area contributed by atoms with Crippen LogP contribution in [0.15, 0.2) is 29.2 Å². The highest BCUT2D eigenvalue weighted by Gasteiger charge is 2.37. The number of aliphatic hydroxyl groups excluding tert-OH is 1. The Bertz CT molecular complexity index is 1010. The lowest BCUT2D eigenvalue weighted by Gasteiger charge is -2.24. The van der Waals surface area contributed by atoms with E-state index >= 15 is 0 Å². The summed E-state index contributed by atoms with van der Waals surface area (Å²) in [6.45, 7) is 6.01. The van der Waals surface area contributed by atoms with Crippen molar-refractivity contribution >= 4 is 68.5 Å². The molecule has 0 radical (unpaired) electrons. The van der Waals surface area contributed by atoms with Crippen LogP contribution in [0.3, 0.4) is 0 Å². The van der Waals surface area contributed by atoms with E-state index < -0.39 is 0 Å². The summed E-state index contributed by atoms with van der Waals surface area (Å²) in [6, 6.07) is 8.94. The van der Waals surface area contributed by atoms with Crippen LogP contribution in [0.5, 0.6) is 0 Å². The molecule has 146 valence electrons. The Hall–Kier alpha value is -1.25. The van der Waals surface area contributed by atoms with E-state index in [1.54, 1.807) is 11.8 Å². The highest BCUT2D eigenvalue weighted by atomic mass is 32.2. The monoisotopic (exact) mass is 446 g/mol. The molecule has 2 N–H and O–H groups in total. The van der Waals surface area contributed by atoms with Gasteiger partial charge in [-0.2, -0.15) is 0 Å². The lowest BCUT2D eigenvalue weighted by Crippen LogP contribution is -2.30. The number of nitrogens with zero attached hydrogens (tertiary/aromatic N) is 1. The molecule has 7 heteroatoms. The van der Waals surface area contributed by atoms with Crippen molar-refractivity contribution in [2.45, 2.75) is 19.3 Å². The smallest absolute Gasteiger partial charge is 0.138 e. The van der Waals surface area contributed by atoms with Crippen LogP contribution in [0.2, 0.25) is 0 Å². The molecule has 2 aromatic rings. The second-order valence-electron chi connectivity index (χ2n) is 7.57. The molecule has 1 aromatic heterocycles. The Morgan fingerprint density at radius 2 is 2.04 bits per heavy atom. The van der Waals surface area contributed by atoms with Gasteiger partial charge in [-0.05, 0) is 41.0 Å². The summed E-state index contributed by atoms with van der Waals surface area (Å²) in [5.74, 6) is 0. The number of thioether (sulfide) groups is 1. The molecule has 4 rings (SSSR count). The summed E-state index contributed by atoms with van der Waals surface area (Å²) in [7, 11) is 2.02. The topological polar surface area (TPSA) is 35.5 Å². The summed E-state index contributed by atoms with van der Waals surface area (Å²) in [6.07, 6.45) is 2.18. The Balaban J connectivity index is 1.72. The fourth-order valence-corrected chi connectivity index (χ4v) is 6.42. The third kappa shape index (κ3) is 3.44. The highest BCUT2D eigenvalue weighted by Crippen LogP contribution is 2.53. The van der Waals surface area contributed by atoms with Gasteiger partial charge in [-0.1, -0.05) is 56.1 Å². The standard InChI is InChI=1S/C21H22N2OS4/c1-21(2)15-8-12(23(3)6-7-24)4-5-14(15)19-16(21)9-13(27-19)10-18-17(25)11-22-20(26)28-18/h4-5,8-10,24H,6-7,11H2,1-3H3,(H,22,26)/b18-10-. The number of nitrogens with one attached hydrogen (secondary N) is 1. The van der Waals surface area contributed by atoms with Gasteiger partial charge in [0.1, 0.15) is 4.32 Å². The van der Waals surface area contributed by atoms with Crippen LogP contribution in [0.25, 0.3) is 16.5 Å². The number of rotatable bonds is 4. The van der Waals surface area contributed by atoms with Crippen LogP contribution in [-0.2, 0) is 5.41 Å². The van der Waals surface area contributed by atoms with Crippen molar-refractivity contribution in [2.24, 2.45) is 0 Å². The van der Waals surface area contributed by atoms with Gasteiger partial charge in [0, 0.05) is 44.2 Å². The van der Waals surface area contributed by atoms with Gasteiger partial charge >= 0.3 is 0 Å². The second-order valence-corrected chi connectivity index (χ2v) is 10.9. The van der Waals surface area contributed by atoms with Gasteiger partial charge in [0.15, 0.2) is 0 Å². The van der Waals surface area contributed by atoms with Crippen molar-refractivity contribution in [1.82, 2.24) is 5.32 Å². The van der Waals surface area contributed by atoms with Gasteiger partial charge in [-0.3, -0.25) is 0 Å². The average Bonchev–Trinajstić information content (AvgIpc) is 3.16. The maximum Gasteiger partial charge on any atom is 0.138 e. The first-order valence-corrected chi connectivity index (χ1v) is 11.6. The molecule has 1 aromatic carbocycles. The number of aliphatic hydroxyl groups is 1. The van der Waals surface area contributed by atoms with Gasteiger partial charge in [-0.25, -0.2) is 0 Å². The molecule has 0 unspecified atom stereocenters. The number of anilines is 1. The molecular formula is C21H22N2OS4. The van der Waals surface area contributed by atoms with Gasteiger partial charge in [0.05, 0.1) is 13.2 Å². The number of hydrogen-bond acceptors (Lipinski definition) is 6. The summed E-state index contributed by atoms with van der Waals surface area (Å²) >= 11 is 14.2. The minimum Gasteiger partial charge on any atom is -0.395 e. The molecule has 1 aliphatic carbocycles. The van der Waals surface area contributed by atoms with E-state index in [2.05, 4.69) is 54.4 Å². The minimum absolute atomic E-state index is 0.0505. The number of thiocarbonyl (C=S) groups is 2. The normalized spacial score (nSPS) is 18.8. The minimum atomic E-state index is -0.0505. The Kier molecular flexibility index (Phi) is 5.39. The Morgan fingerprint density at radius 1 is 1.25 bits per heavy atom. The van der Waals surface area contributed by atoms with Gasteiger partial charge < -0.3 is 15.3 Å². The zero-order chi connectivity index (χ0) is 20.1. The second kappa shape index (κ2) is 7.54. The molecule has 28 heavy (non-hydrogen) atoms. The van der Waals surface area contributed by atoms with Crippen molar-refractivity contribution < 1.29 is 5.11 Å². The first-order valence-electron chi connectivity index (χ1n) is 9.13. The van der Waals surface area contributed by atoms with Crippen molar-refractivity contribution in [2.75, 3.05) is 31.6 Å². The molecular weight excluding hydrogens is 425 g/mol. The zero-order valence-corrected chi connectivity index (χ0v) is 19.3. The van der Waals surface area contributed by atoms with Crippen molar-refractivity contribution in [1.29, 1.82) is 0 Å². The first-order chi connectivity index (χ1) is 13.3. The third-order valence-electron chi connectivity index (χ3n) is 5.37. The van der Waals surface area contributed by atoms with Gasteiger partial charge in [-0.15, -0.1) is 11.3 Å². The number of benzene rings is 1. The maximum atomic E-state index is 9.23. The summed E-state index contributed by atoms with van der Waals surface area (Å²) in [4.78, 5) is 6.66. The molecule has 2 aliphatic rings. The molecule has 3 nitrogen and oxygen atoms in total. The van der Waals surface area contributed by atoms with Crippen LogP contribution in [0.1, 0.15) is 29.9 Å². The van der Waals surface area contributed by atoms with Crippen molar-refractivity contribution in [3.63, 3.8) is 0 Å². The maximum absolute atomic E-state index is 9.23. The first kappa shape index (κ1) is 20.0. The van der Waals surface area contributed by atoms with Crippen LogP contribution >= 0.6 is 47.5 Å². The average molecular weight is 447 g/mol. The third-order valence-corrected chi connectivity index (χ3v) is 8.28. The Morgan fingerprint density at radius 3 is 2.79 bits per heavy atom. The van der Waals surface area contributed by atoms with Crippen molar-refractivity contribution in [3.05, 3.63) is 45.2 Å². The van der Waals surface area contributed by atoms with Crippen molar-refractivity contribution in [3.8, 4) is 10.4 Å². The number of likely N-dealkylation sites (N-methyl/N-ethyl adjacent to an activating group) is 1. The molecule has 1 fully saturated rings. The van der Waals surface area contributed by atoms with Crippen LogP contribution < -0.4 is 10.2 Å². The predicted molar refractivity (Wildman–Crippen MR) is 131 cm³/mol. The highest BCUT2D eigenvalue weighted by molar-refractivity contribution is 8.26. The summed E-state index contributed by atoms with van der Waals surface area (Å²) in [5, 5.41) is 12.4. The van der Waals surface area contributed by atoms with E-state index in [4.69, 9.17) is 24.4 Å². The molecule has 0 saturated carbocycles. The molecule has 0 amide bonds. The fraction of sp³-hybridized carbons (Fsp3) is 0.333. The van der Waals surface area contributed by atoms with E-state index in [-0.39, 0.29) is 12.0 Å². The molecule has 0 spiro atoms. The van der Waals surface area contributed by atoms with Gasteiger partial charge in [0.2, 0.25) is 0 Å². The SMILES string of the molecule is CN(CCO)c1ccc2c(c1)C(C)(C)c1cc(/C=C3\SC(=S)NCC3=S)sc1-2. The lowest BCUT2D eigenvalue weighted by molar-refractivity contribution is 0.304. The molecule has 0 bridgehead atoms. The van der Waals surface area contributed by atoms with Gasteiger partial charge in [0.25, 0.3) is 0 Å². The molecule has 1 saturated heterocycles. The largest absolute Gasteiger partial charge is 0.395 e. The molecule has 0 atom stereocenters. The number of thiophene rings is 1. The van der Waals surface area contributed by atoms with E-state index in [0.717, 1.165) is 19.8 Å². The quantitative estimate of drug-likeness (QED) is 0.518. The Labute approximate surface area is 184 Å². The summed E-state index contributed by atoms with van der Waals surface area (Å²) < 4.78 is 0.786. The molecule has 2 heterocycles. The summed E-state index contributed by atoms with van der Waals surface area (Å²) in [5.41, 5.74) is 5.12.